The summed E-state index contributed by atoms with van der Waals surface area (Å²) in [4.78, 5) is 0. The van der Waals surface area contributed by atoms with Crippen LogP contribution in [0.5, 0.6) is 0 Å². The minimum Gasteiger partial charge on any atom is -0.396 e. The number of rotatable bonds is 7. The fourth-order valence-corrected chi connectivity index (χ4v) is 2.23. The molecule has 0 aromatic carbocycles. The molecule has 0 saturated heterocycles. The molecule has 2 N–H and O–H groups in total. The van der Waals surface area contributed by atoms with Gasteiger partial charge in [0.1, 0.15) is 0 Å². The zero-order chi connectivity index (χ0) is 10.2. The van der Waals surface area contributed by atoms with Crippen LogP contribution in [0.4, 0.5) is 0 Å². The Labute approximate surface area is 88.1 Å². The molecule has 1 unspecified atom stereocenters. The molecule has 0 amide bonds. The lowest BCUT2D eigenvalue weighted by Crippen LogP contribution is -2.24. The van der Waals surface area contributed by atoms with Crippen LogP contribution in [-0.2, 0) is 0 Å². The average Bonchev–Trinajstić information content (AvgIpc) is 2.69. The van der Waals surface area contributed by atoms with Crippen LogP contribution in [-0.4, -0.2) is 24.8 Å². The van der Waals surface area contributed by atoms with Crippen LogP contribution in [0, 0.1) is 11.8 Å². The summed E-state index contributed by atoms with van der Waals surface area (Å²) in [6, 6.07) is 0. The largest absolute Gasteiger partial charge is 0.396 e. The highest BCUT2D eigenvalue weighted by Crippen LogP contribution is 2.28. The van der Waals surface area contributed by atoms with Gasteiger partial charge in [-0.25, -0.2) is 0 Å². The maximum absolute atomic E-state index is 8.82. The van der Waals surface area contributed by atoms with Gasteiger partial charge in [-0.1, -0.05) is 32.6 Å². The van der Waals surface area contributed by atoms with Crippen molar-refractivity contribution >= 4 is 0 Å². The van der Waals surface area contributed by atoms with Crippen molar-refractivity contribution < 1.29 is 5.11 Å². The van der Waals surface area contributed by atoms with Crippen molar-refractivity contribution in [1.82, 2.24) is 5.32 Å². The number of aliphatic hydroxyl groups excluding tert-OH is 1. The molecule has 14 heavy (non-hydrogen) atoms. The van der Waals surface area contributed by atoms with Crippen LogP contribution in [0.2, 0.25) is 0 Å². The number of hydrogen-bond acceptors (Lipinski definition) is 2. The van der Waals surface area contributed by atoms with Gasteiger partial charge in [0.25, 0.3) is 0 Å². The highest BCUT2D eigenvalue weighted by atomic mass is 16.3. The average molecular weight is 199 g/mol. The van der Waals surface area contributed by atoms with E-state index >= 15 is 0 Å². The third-order valence-corrected chi connectivity index (χ3v) is 3.25. The third-order valence-electron chi connectivity index (χ3n) is 3.25. The van der Waals surface area contributed by atoms with Crippen molar-refractivity contribution in [1.29, 1.82) is 0 Å². The van der Waals surface area contributed by atoms with E-state index in [1.165, 1.54) is 38.5 Å². The van der Waals surface area contributed by atoms with E-state index in [0.717, 1.165) is 19.0 Å². The minimum atomic E-state index is 0.301. The molecule has 2 heteroatoms. The second-order valence-corrected chi connectivity index (χ2v) is 4.78. The molecule has 0 aliphatic heterocycles. The Hall–Kier alpha value is -0.0800. The zero-order valence-corrected chi connectivity index (χ0v) is 9.47. The van der Waals surface area contributed by atoms with Gasteiger partial charge in [0.05, 0.1) is 0 Å². The smallest absolute Gasteiger partial charge is 0.0468 e. The molecule has 1 saturated carbocycles. The molecular formula is C12H25NO. The van der Waals surface area contributed by atoms with E-state index in [1.807, 2.05) is 0 Å². The monoisotopic (exact) mass is 199 g/mol. The molecule has 84 valence electrons. The highest BCUT2D eigenvalue weighted by molar-refractivity contribution is 4.67. The lowest BCUT2D eigenvalue weighted by Gasteiger charge is -2.11. The molecule has 1 aliphatic rings. The fourth-order valence-electron chi connectivity index (χ4n) is 2.23. The number of aliphatic hydroxyl groups is 1. The van der Waals surface area contributed by atoms with Gasteiger partial charge < -0.3 is 10.4 Å². The van der Waals surface area contributed by atoms with Crippen LogP contribution in [0.25, 0.3) is 0 Å². The summed E-state index contributed by atoms with van der Waals surface area (Å²) in [5, 5.41) is 12.2. The molecule has 1 rings (SSSR count). The Morgan fingerprint density at radius 1 is 1.36 bits per heavy atom. The van der Waals surface area contributed by atoms with E-state index < -0.39 is 0 Å². The van der Waals surface area contributed by atoms with Crippen molar-refractivity contribution in [3.8, 4) is 0 Å². The van der Waals surface area contributed by atoms with Crippen LogP contribution < -0.4 is 5.32 Å². The summed E-state index contributed by atoms with van der Waals surface area (Å²) in [6.45, 7) is 4.46. The zero-order valence-electron chi connectivity index (χ0n) is 9.47. The summed E-state index contributed by atoms with van der Waals surface area (Å²) in [5.74, 6) is 1.42. The first kappa shape index (κ1) is 12.0. The normalized spacial score (nSPS) is 20.1. The Morgan fingerprint density at radius 2 is 2.07 bits per heavy atom. The molecule has 0 aromatic rings. The quantitative estimate of drug-likeness (QED) is 0.616. The summed E-state index contributed by atoms with van der Waals surface area (Å²) >= 11 is 0. The molecule has 0 radical (unpaired) electrons. The second kappa shape index (κ2) is 7.24. The van der Waals surface area contributed by atoms with E-state index in [2.05, 4.69) is 12.2 Å². The SMILES string of the molecule is CC(CO)CNCCCC1CCCC1. The van der Waals surface area contributed by atoms with E-state index in [0.29, 0.717) is 12.5 Å². The number of hydrogen-bond donors (Lipinski definition) is 2. The molecule has 1 aliphatic carbocycles. The lowest BCUT2D eigenvalue weighted by molar-refractivity contribution is 0.233. The van der Waals surface area contributed by atoms with Gasteiger partial charge in [0, 0.05) is 6.61 Å². The standard InChI is InChI=1S/C12H25NO/c1-11(10-14)9-13-8-4-7-12-5-2-3-6-12/h11-14H,2-10H2,1H3. The van der Waals surface area contributed by atoms with E-state index in [-0.39, 0.29) is 0 Å². The molecule has 1 atom stereocenters. The van der Waals surface area contributed by atoms with Gasteiger partial charge in [-0.3, -0.25) is 0 Å². The highest BCUT2D eigenvalue weighted by Gasteiger charge is 2.13. The predicted molar refractivity (Wildman–Crippen MR) is 60.3 cm³/mol. The third kappa shape index (κ3) is 4.97. The van der Waals surface area contributed by atoms with Crippen LogP contribution in [0.1, 0.15) is 45.4 Å². The lowest BCUT2D eigenvalue weighted by atomic mass is 10.0. The van der Waals surface area contributed by atoms with E-state index in [4.69, 9.17) is 5.11 Å². The summed E-state index contributed by atoms with van der Waals surface area (Å²) < 4.78 is 0. The topological polar surface area (TPSA) is 32.3 Å². The van der Waals surface area contributed by atoms with Crippen molar-refractivity contribution in [3.05, 3.63) is 0 Å². The van der Waals surface area contributed by atoms with E-state index in [9.17, 15) is 0 Å². The van der Waals surface area contributed by atoms with Gasteiger partial charge in [0.2, 0.25) is 0 Å². The van der Waals surface area contributed by atoms with Gasteiger partial charge >= 0.3 is 0 Å². The number of nitrogens with one attached hydrogen (secondary N) is 1. The molecule has 0 spiro atoms. The Bertz CT molecular complexity index is 132. The van der Waals surface area contributed by atoms with Gasteiger partial charge in [-0.15, -0.1) is 0 Å². The maximum Gasteiger partial charge on any atom is 0.0468 e. The van der Waals surface area contributed by atoms with Gasteiger partial charge in [-0.2, -0.15) is 0 Å². The Kier molecular flexibility index (Phi) is 6.20. The van der Waals surface area contributed by atoms with Crippen LogP contribution in [0.15, 0.2) is 0 Å². The Morgan fingerprint density at radius 3 is 2.71 bits per heavy atom. The molecule has 0 aromatic heterocycles. The second-order valence-electron chi connectivity index (χ2n) is 4.78. The first-order valence-electron chi connectivity index (χ1n) is 6.14. The first-order chi connectivity index (χ1) is 6.83. The summed E-state index contributed by atoms with van der Waals surface area (Å²) in [6.07, 6.45) is 8.56. The first-order valence-corrected chi connectivity index (χ1v) is 6.14. The fraction of sp³-hybridized carbons (Fsp3) is 1.00. The molecule has 0 heterocycles. The van der Waals surface area contributed by atoms with Gasteiger partial charge in [0.15, 0.2) is 0 Å². The van der Waals surface area contributed by atoms with Crippen molar-refractivity contribution in [2.45, 2.75) is 45.4 Å². The van der Waals surface area contributed by atoms with Crippen molar-refractivity contribution in [2.24, 2.45) is 11.8 Å². The van der Waals surface area contributed by atoms with Crippen molar-refractivity contribution in [3.63, 3.8) is 0 Å². The summed E-state index contributed by atoms with van der Waals surface area (Å²) in [7, 11) is 0. The summed E-state index contributed by atoms with van der Waals surface area (Å²) in [5.41, 5.74) is 0. The minimum absolute atomic E-state index is 0.301. The van der Waals surface area contributed by atoms with Gasteiger partial charge in [-0.05, 0) is 37.8 Å². The molecule has 2 nitrogen and oxygen atoms in total. The van der Waals surface area contributed by atoms with E-state index in [1.54, 1.807) is 0 Å². The predicted octanol–water partition coefficient (Wildman–Crippen LogP) is 2.17. The molecule has 1 fully saturated rings. The maximum atomic E-state index is 8.82. The van der Waals surface area contributed by atoms with Crippen LogP contribution >= 0.6 is 0 Å². The Balaban J connectivity index is 1.84. The van der Waals surface area contributed by atoms with Crippen molar-refractivity contribution in [2.75, 3.05) is 19.7 Å². The molecular weight excluding hydrogens is 174 g/mol. The molecule has 0 bridgehead atoms. The van der Waals surface area contributed by atoms with Crippen LogP contribution in [0.3, 0.4) is 0 Å².